The second kappa shape index (κ2) is 9.25. The van der Waals surface area contributed by atoms with Gasteiger partial charge in [0.25, 0.3) is 5.60 Å². The maximum absolute atomic E-state index is 13.5. The second-order valence-corrected chi connectivity index (χ2v) is 4.34. The molecule has 0 radical (unpaired) electrons. The first-order chi connectivity index (χ1) is 10.3. The number of carbonyl (C=O) groups is 1. The molecule has 1 atom stereocenters. The van der Waals surface area contributed by atoms with Gasteiger partial charge < -0.3 is 9.47 Å². The second-order valence-electron chi connectivity index (χ2n) is 4.34. The van der Waals surface area contributed by atoms with E-state index in [1.807, 2.05) is 0 Å². The lowest BCUT2D eigenvalue weighted by Gasteiger charge is -2.33. The third kappa shape index (κ3) is 5.18. The quantitative estimate of drug-likeness (QED) is 0.345. The number of hydrogen-bond donors (Lipinski definition) is 0. The Labute approximate surface area is 128 Å². The van der Waals surface area contributed by atoms with E-state index in [1.165, 1.54) is 31.2 Å². The van der Waals surface area contributed by atoms with Gasteiger partial charge in [0.05, 0.1) is 13.2 Å². The molecule has 0 saturated carbocycles. The van der Waals surface area contributed by atoms with Crippen molar-refractivity contribution in [2.45, 2.75) is 31.5 Å². The average molecular weight is 318 g/mol. The van der Waals surface area contributed by atoms with Crippen molar-refractivity contribution in [1.82, 2.24) is 0 Å². The van der Waals surface area contributed by atoms with E-state index in [2.05, 4.69) is 24.5 Å². The Morgan fingerprint density at radius 3 is 2.27 bits per heavy atom. The maximum Gasteiger partial charge on any atom is 0.428 e. The molecule has 124 valence electrons. The van der Waals surface area contributed by atoms with E-state index in [9.17, 15) is 18.0 Å². The van der Waals surface area contributed by atoms with Crippen LogP contribution in [0.4, 0.5) is 13.2 Å². The molecule has 0 N–H and O–H groups in total. The van der Waals surface area contributed by atoms with Gasteiger partial charge in [0.2, 0.25) is 0 Å². The highest BCUT2D eigenvalue weighted by atomic mass is 19.4. The number of ether oxygens (including phenoxy) is 2. The van der Waals surface area contributed by atoms with Crippen molar-refractivity contribution in [3.63, 3.8) is 0 Å². The van der Waals surface area contributed by atoms with Crippen LogP contribution in [0.3, 0.4) is 0 Å². The van der Waals surface area contributed by atoms with Gasteiger partial charge in [-0.25, -0.2) is 4.79 Å². The van der Waals surface area contributed by atoms with Crippen LogP contribution in [0.1, 0.15) is 19.8 Å². The molecule has 1 unspecified atom stereocenters. The van der Waals surface area contributed by atoms with Crippen LogP contribution >= 0.6 is 0 Å². The van der Waals surface area contributed by atoms with Gasteiger partial charge in [-0.1, -0.05) is 37.5 Å². The van der Waals surface area contributed by atoms with E-state index in [-0.39, 0.29) is 13.0 Å². The predicted molar refractivity (Wildman–Crippen MR) is 79.3 cm³/mol. The van der Waals surface area contributed by atoms with Gasteiger partial charge in [-0.3, -0.25) is 0 Å². The van der Waals surface area contributed by atoms with Crippen molar-refractivity contribution >= 4 is 5.97 Å². The summed E-state index contributed by atoms with van der Waals surface area (Å²) in [7, 11) is 0. The summed E-state index contributed by atoms with van der Waals surface area (Å²) >= 11 is 0. The zero-order valence-electron chi connectivity index (χ0n) is 12.6. The van der Waals surface area contributed by atoms with Crippen molar-refractivity contribution in [3.05, 3.63) is 49.6 Å². The van der Waals surface area contributed by atoms with Crippen LogP contribution in [0, 0.1) is 0 Å². The highest BCUT2D eigenvalue weighted by molar-refractivity contribution is 5.80. The molecule has 0 aliphatic heterocycles. The molecule has 0 rings (SSSR count). The first-order valence-corrected chi connectivity index (χ1v) is 6.71. The molecule has 0 amide bonds. The summed E-state index contributed by atoms with van der Waals surface area (Å²) in [4.78, 5) is 11.9. The van der Waals surface area contributed by atoms with Gasteiger partial charge in [0, 0.05) is 0 Å². The molecule has 3 nitrogen and oxygen atoms in total. The number of carbonyl (C=O) groups excluding carboxylic acids is 1. The summed E-state index contributed by atoms with van der Waals surface area (Å²) in [6, 6.07) is 0. The zero-order chi connectivity index (χ0) is 17.2. The van der Waals surface area contributed by atoms with Crippen molar-refractivity contribution < 1.29 is 27.4 Å². The Hall–Kier alpha value is -1.82. The maximum atomic E-state index is 13.5. The number of allylic oxidation sites excluding steroid dienone is 3. The molecule has 0 saturated heterocycles. The summed E-state index contributed by atoms with van der Waals surface area (Å²) in [5, 5.41) is 0. The molecular weight excluding hydrogens is 297 g/mol. The van der Waals surface area contributed by atoms with Gasteiger partial charge in [-0.15, -0.1) is 6.58 Å². The summed E-state index contributed by atoms with van der Waals surface area (Å²) < 4.78 is 50.0. The normalized spacial score (nSPS) is 14.8. The van der Waals surface area contributed by atoms with Crippen molar-refractivity contribution in [3.8, 4) is 0 Å². The standard InChI is InChI=1S/C16H21F3O3/c1-5-9-11-15(16(17,18)19,14(20)21-8-4)22-12-13(7-3)10-6-2/h5-7,10H,1-3,8-9,11-12H2,4H3/b13-10+. The van der Waals surface area contributed by atoms with Crippen molar-refractivity contribution in [2.24, 2.45) is 0 Å². The van der Waals surface area contributed by atoms with Crippen LogP contribution in [0.2, 0.25) is 0 Å². The van der Waals surface area contributed by atoms with Gasteiger partial charge in [0.1, 0.15) is 0 Å². The Morgan fingerprint density at radius 1 is 1.23 bits per heavy atom. The lowest BCUT2D eigenvalue weighted by atomic mass is 9.96. The third-order valence-corrected chi connectivity index (χ3v) is 2.84. The fourth-order valence-electron chi connectivity index (χ4n) is 1.66. The van der Waals surface area contributed by atoms with Crippen LogP contribution in [0.25, 0.3) is 0 Å². The third-order valence-electron chi connectivity index (χ3n) is 2.84. The minimum Gasteiger partial charge on any atom is -0.464 e. The Bertz CT molecular complexity index is 438. The highest BCUT2D eigenvalue weighted by Gasteiger charge is 2.62. The molecule has 0 heterocycles. The lowest BCUT2D eigenvalue weighted by Crippen LogP contribution is -2.55. The molecule has 0 spiro atoms. The topological polar surface area (TPSA) is 35.5 Å². The Balaban J connectivity index is 5.56. The molecule has 0 aromatic carbocycles. The highest BCUT2D eigenvalue weighted by Crippen LogP contribution is 2.39. The van der Waals surface area contributed by atoms with Crippen LogP contribution in [0.15, 0.2) is 49.6 Å². The number of rotatable bonds is 10. The van der Waals surface area contributed by atoms with Gasteiger partial charge in [0.15, 0.2) is 0 Å². The fraction of sp³-hybridized carbons (Fsp3) is 0.438. The van der Waals surface area contributed by atoms with E-state index in [4.69, 9.17) is 4.74 Å². The monoisotopic (exact) mass is 318 g/mol. The molecule has 6 heteroatoms. The first-order valence-electron chi connectivity index (χ1n) is 6.71. The zero-order valence-corrected chi connectivity index (χ0v) is 12.6. The van der Waals surface area contributed by atoms with Gasteiger partial charge in [-0.2, -0.15) is 13.2 Å². The molecule has 0 bridgehead atoms. The smallest absolute Gasteiger partial charge is 0.428 e. The van der Waals surface area contributed by atoms with Crippen molar-refractivity contribution in [2.75, 3.05) is 13.2 Å². The summed E-state index contributed by atoms with van der Waals surface area (Å²) in [6.45, 7) is 11.1. The predicted octanol–water partition coefficient (Wildman–Crippen LogP) is 4.13. The molecule has 0 aromatic rings. The molecule has 22 heavy (non-hydrogen) atoms. The molecule has 0 aliphatic rings. The summed E-state index contributed by atoms with van der Waals surface area (Å²) in [5.74, 6) is -1.45. The van der Waals surface area contributed by atoms with E-state index < -0.39 is 30.8 Å². The molecular formula is C16H21F3O3. The first kappa shape index (κ1) is 20.2. The van der Waals surface area contributed by atoms with Crippen LogP contribution in [-0.4, -0.2) is 31.0 Å². The lowest BCUT2D eigenvalue weighted by molar-refractivity contribution is -0.277. The molecule has 0 fully saturated rings. The minimum atomic E-state index is -4.91. The number of halogens is 3. The minimum absolute atomic E-state index is 0.0487. The van der Waals surface area contributed by atoms with E-state index in [0.29, 0.717) is 5.57 Å². The fourth-order valence-corrected chi connectivity index (χ4v) is 1.66. The Kier molecular flexibility index (Phi) is 8.48. The Morgan fingerprint density at radius 2 is 1.86 bits per heavy atom. The van der Waals surface area contributed by atoms with E-state index >= 15 is 0 Å². The van der Waals surface area contributed by atoms with Crippen LogP contribution in [0.5, 0.6) is 0 Å². The van der Waals surface area contributed by atoms with Crippen molar-refractivity contribution in [1.29, 1.82) is 0 Å². The number of hydrogen-bond acceptors (Lipinski definition) is 3. The largest absolute Gasteiger partial charge is 0.464 e. The van der Waals surface area contributed by atoms with E-state index in [0.717, 1.165) is 0 Å². The average Bonchev–Trinajstić information content (AvgIpc) is 2.45. The molecule has 0 aliphatic carbocycles. The summed E-state index contributed by atoms with van der Waals surface area (Å²) in [6.07, 6.45) is -0.0952. The van der Waals surface area contributed by atoms with E-state index in [1.54, 1.807) is 0 Å². The SMILES string of the molecule is C=C/C=C(\C=C)COC(CCC=C)(C(=O)OCC)C(F)(F)F. The number of alkyl halides is 3. The molecule has 0 aromatic heterocycles. The number of esters is 1. The van der Waals surface area contributed by atoms with Crippen LogP contribution < -0.4 is 0 Å². The van der Waals surface area contributed by atoms with Gasteiger partial charge in [-0.05, 0) is 25.3 Å². The summed E-state index contributed by atoms with van der Waals surface area (Å²) in [5.41, 5.74) is -2.66. The van der Waals surface area contributed by atoms with Gasteiger partial charge >= 0.3 is 12.1 Å². The van der Waals surface area contributed by atoms with Crippen LogP contribution in [-0.2, 0) is 14.3 Å².